The van der Waals surface area contributed by atoms with Crippen LogP contribution in [0.25, 0.3) is 11.3 Å². The number of benzene rings is 1. The standard InChI is InChI=1S/C24H27N5O3/c25-12-15-5-4-8-17(11-15)18-9-10-26-24(28-18)29-20-14-32-21-19(13-31-22(20)21)27-23(30)16-6-2-1-3-7-16/h4-5,8-11,16,19-22H,1-3,6-7,13-14H2,(H,27,30)(H,26,28,29). The molecule has 3 aliphatic rings. The fourth-order valence-corrected chi connectivity index (χ4v) is 4.92. The van der Waals surface area contributed by atoms with Gasteiger partial charge in [0, 0.05) is 17.7 Å². The molecule has 1 saturated carbocycles. The van der Waals surface area contributed by atoms with E-state index in [9.17, 15) is 4.79 Å². The maximum Gasteiger partial charge on any atom is 0.223 e. The first-order valence-electron chi connectivity index (χ1n) is 11.3. The molecule has 0 spiro atoms. The molecular weight excluding hydrogens is 406 g/mol. The van der Waals surface area contributed by atoms with Crippen LogP contribution in [0, 0.1) is 17.2 Å². The van der Waals surface area contributed by atoms with Crippen molar-refractivity contribution >= 4 is 11.9 Å². The molecule has 8 heteroatoms. The molecule has 4 unspecified atom stereocenters. The van der Waals surface area contributed by atoms with Crippen LogP contribution in [0.5, 0.6) is 0 Å². The van der Waals surface area contributed by atoms with Crippen LogP contribution in [-0.2, 0) is 14.3 Å². The molecular formula is C24H27N5O3. The van der Waals surface area contributed by atoms with Crippen molar-refractivity contribution in [2.24, 2.45) is 5.92 Å². The number of nitrogens with zero attached hydrogens (tertiary/aromatic N) is 3. The van der Waals surface area contributed by atoms with E-state index >= 15 is 0 Å². The number of anilines is 1. The summed E-state index contributed by atoms with van der Waals surface area (Å²) in [5.41, 5.74) is 2.18. The number of carbonyl (C=O) groups excluding carboxylic acids is 1. The molecule has 0 bridgehead atoms. The number of carbonyl (C=O) groups is 1. The Morgan fingerprint density at radius 1 is 1.06 bits per heavy atom. The molecule has 3 fully saturated rings. The molecule has 2 N–H and O–H groups in total. The molecule has 1 aromatic heterocycles. The number of nitriles is 1. The summed E-state index contributed by atoms with van der Waals surface area (Å²) in [6, 6.07) is 11.1. The summed E-state index contributed by atoms with van der Waals surface area (Å²) < 4.78 is 12.0. The summed E-state index contributed by atoms with van der Waals surface area (Å²) >= 11 is 0. The molecule has 1 aromatic carbocycles. The summed E-state index contributed by atoms with van der Waals surface area (Å²) in [5, 5.41) is 15.7. The highest BCUT2D eigenvalue weighted by atomic mass is 16.6. The maximum absolute atomic E-state index is 12.7. The van der Waals surface area contributed by atoms with Crippen molar-refractivity contribution in [3.8, 4) is 17.3 Å². The molecule has 166 valence electrons. The normalized spacial score (nSPS) is 27.5. The van der Waals surface area contributed by atoms with E-state index in [0.717, 1.165) is 36.9 Å². The van der Waals surface area contributed by atoms with Crippen molar-refractivity contribution < 1.29 is 14.3 Å². The quantitative estimate of drug-likeness (QED) is 0.746. The first kappa shape index (κ1) is 20.9. The first-order chi connectivity index (χ1) is 15.7. The molecule has 2 aromatic rings. The number of amides is 1. The topological polar surface area (TPSA) is 109 Å². The van der Waals surface area contributed by atoms with Gasteiger partial charge in [-0.3, -0.25) is 4.79 Å². The van der Waals surface area contributed by atoms with Gasteiger partial charge >= 0.3 is 0 Å². The lowest BCUT2D eigenvalue weighted by Crippen LogP contribution is -2.47. The second kappa shape index (κ2) is 9.23. The molecule has 2 aliphatic heterocycles. The molecule has 32 heavy (non-hydrogen) atoms. The molecule has 4 atom stereocenters. The Balaban J connectivity index is 1.22. The Labute approximate surface area is 187 Å². The Morgan fingerprint density at radius 2 is 1.84 bits per heavy atom. The van der Waals surface area contributed by atoms with Gasteiger partial charge in [-0.25, -0.2) is 9.97 Å². The van der Waals surface area contributed by atoms with Gasteiger partial charge in [-0.15, -0.1) is 0 Å². The van der Waals surface area contributed by atoms with Crippen LogP contribution in [0.4, 0.5) is 5.95 Å². The fraction of sp³-hybridized carbons (Fsp3) is 0.500. The van der Waals surface area contributed by atoms with E-state index in [-0.39, 0.29) is 36.1 Å². The minimum Gasteiger partial charge on any atom is -0.371 e. The van der Waals surface area contributed by atoms with Gasteiger partial charge in [-0.1, -0.05) is 31.4 Å². The smallest absolute Gasteiger partial charge is 0.223 e. The zero-order valence-corrected chi connectivity index (χ0v) is 17.9. The number of ether oxygens (including phenoxy) is 2. The van der Waals surface area contributed by atoms with Crippen LogP contribution in [-0.4, -0.2) is 53.4 Å². The van der Waals surface area contributed by atoms with Gasteiger partial charge in [0.2, 0.25) is 11.9 Å². The van der Waals surface area contributed by atoms with Crippen molar-refractivity contribution in [1.82, 2.24) is 15.3 Å². The Morgan fingerprint density at radius 3 is 2.66 bits per heavy atom. The fourth-order valence-electron chi connectivity index (χ4n) is 4.92. The van der Waals surface area contributed by atoms with Crippen LogP contribution in [0.1, 0.15) is 37.7 Å². The summed E-state index contributed by atoms with van der Waals surface area (Å²) in [6.45, 7) is 0.913. The van der Waals surface area contributed by atoms with Crippen LogP contribution in [0.3, 0.4) is 0 Å². The highest BCUT2D eigenvalue weighted by Crippen LogP contribution is 2.30. The van der Waals surface area contributed by atoms with Crippen LogP contribution >= 0.6 is 0 Å². The number of hydrogen-bond acceptors (Lipinski definition) is 7. The van der Waals surface area contributed by atoms with E-state index in [1.54, 1.807) is 18.3 Å². The third kappa shape index (κ3) is 4.31. The molecule has 2 saturated heterocycles. The second-order valence-electron chi connectivity index (χ2n) is 8.75. The van der Waals surface area contributed by atoms with E-state index < -0.39 is 0 Å². The maximum atomic E-state index is 12.7. The minimum atomic E-state index is -0.171. The lowest BCUT2D eigenvalue weighted by Gasteiger charge is -2.24. The number of rotatable bonds is 5. The van der Waals surface area contributed by atoms with Crippen LogP contribution in [0.2, 0.25) is 0 Å². The lowest BCUT2D eigenvalue weighted by atomic mass is 9.88. The number of fused-ring (bicyclic) bond motifs is 1. The number of aromatic nitrogens is 2. The zero-order chi connectivity index (χ0) is 21.9. The number of nitrogens with one attached hydrogen (secondary N) is 2. The van der Waals surface area contributed by atoms with Gasteiger partial charge in [0.05, 0.1) is 42.6 Å². The first-order valence-corrected chi connectivity index (χ1v) is 11.3. The Bertz CT molecular complexity index is 1020. The highest BCUT2D eigenvalue weighted by molar-refractivity contribution is 5.79. The second-order valence-corrected chi connectivity index (χ2v) is 8.75. The van der Waals surface area contributed by atoms with E-state index in [0.29, 0.717) is 24.7 Å². The molecule has 3 heterocycles. The van der Waals surface area contributed by atoms with E-state index in [4.69, 9.17) is 14.7 Å². The molecule has 1 aliphatic carbocycles. The van der Waals surface area contributed by atoms with Crippen molar-refractivity contribution in [2.75, 3.05) is 18.5 Å². The molecule has 8 nitrogen and oxygen atoms in total. The van der Waals surface area contributed by atoms with Crippen molar-refractivity contribution in [3.63, 3.8) is 0 Å². The van der Waals surface area contributed by atoms with Crippen LogP contribution in [0.15, 0.2) is 36.5 Å². The van der Waals surface area contributed by atoms with Crippen molar-refractivity contribution in [3.05, 3.63) is 42.1 Å². The zero-order valence-electron chi connectivity index (χ0n) is 17.9. The summed E-state index contributed by atoms with van der Waals surface area (Å²) in [5.74, 6) is 0.737. The van der Waals surface area contributed by atoms with Crippen LogP contribution < -0.4 is 10.6 Å². The van der Waals surface area contributed by atoms with E-state index in [2.05, 4.69) is 26.7 Å². The number of hydrogen-bond donors (Lipinski definition) is 2. The van der Waals surface area contributed by atoms with Gasteiger partial charge in [-0.2, -0.15) is 5.26 Å². The summed E-state index contributed by atoms with van der Waals surface area (Å²) in [4.78, 5) is 21.6. The van der Waals surface area contributed by atoms with Gasteiger partial charge in [0.25, 0.3) is 0 Å². The van der Waals surface area contributed by atoms with Crippen molar-refractivity contribution in [2.45, 2.75) is 56.4 Å². The van der Waals surface area contributed by atoms with Gasteiger partial charge in [0.1, 0.15) is 12.2 Å². The molecule has 0 radical (unpaired) electrons. The summed E-state index contributed by atoms with van der Waals surface area (Å²) in [6.07, 6.45) is 6.80. The predicted molar refractivity (Wildman–Crippen MR) is 118 cm³/mol. The average molecular weight is 434 g/mol. The van der Waals surface area contributed by atoms with E-state index in [1.807, 2.05) is 18.2 Å². The lowest BCUT2D eigenvalue weighted by molar-refractivity contribution is -0.127. The third-order valence-electron chi connectivity index (χ3n) is 6.61. The Hall–Kier alpha value is -3.02. The monoisotopic (exact) mass is 433 g/mol. The highest BCUT2D eigenvalue weighted by Gasteiger charge is 2.48. The SMILES string of the molecule is N#Cc1cccc(-c2ccnc(NC3COC4C(NC(=O)C5CCCCC5)COC34)n2)c1. The third-order valence-corrected chi connectivity index (χ3v) is 6.61. The van der Waals surface area contributed by atoms with Gasteiger partial charge < -0.3 is 20.1 Å². The van der Waals surface area contributed by atoms with Gasteiger partial charge in [0.15, 0.2) is 0 Å². The summed E-state index contributed by atoms with van der Waals surface area (Å²) in [7, 11) is 0. The molecule has 5 rings (SSSR count). The predicted octanol–water partition coefficient (Wildman–Crippen LogP) is 2.66. The molecule has 1 amide bonds. The Kier molecular flexibility index (Phi) is 6.02. The van der Waals surface area contributed by atoms with Gasteiger partial charge in [-0.05, 0) is 31.0 Å². The van der Waals surface area contributed by atoms with E-state index in [1.165, 1.54) is 6.42 Å². The largest absolute Gasteiger partial charge is 0.371 e. The average Bonchev–Trinajstić information content (AvgIpc) is 3.43. The van der Waals surface area contributed by atoms with Crippen molar-refractivity contribution in [1.29, 1.82) is 5.26 Å². The minimum absolute atomic E-state index is 0.0997.